The molecule has 4 nitrogen and oxygen atoms in total. The van der Waals surface area contributed by atoms with Gasteiger partial charge in [0.1, 0.15) is 0 Å². The Kier molecular flexibility index (Phi) is 42.6. The molecule has 0 saturated carbocycles. The maximum atomic E-state index is 10.2. The van der Waals surface area contributed by atoms with E-state index in [9.17, 15) is 20.1 Å². The van der Waals surface area contributed by atoms with Crippen molar-refractivity contribution in [2.45, 2.75) is 162 Å². The van der Waals surface area contributed by atoms with Gasteiger partial charge in [0, 0.05) is 5.97 Å². The third kappa shape index (κ3) is 53.3. The Morgan fingerprint density at radius 2 is 0.806 bits per heavy atom. The van der Waals surface area contributed by atoms with Gasteiger partial charge in [0.05, 0.1) is 0 Å². The van der Waals surface area contributed by atoms with E-state index in [-0.39, 0.29) is 36.0 Å². The average Bonchev–Trinajstić information content (AvgIpc) is 2.71. The summed E-state index contributed by atoms with van der Waals surface area (Å²) in [7, 11) is 0. The van der Waals surface area contributed by atoms with Crippen LogP contribution in [-0.2, 0) is 4.79 Å². The third-order valence-electron chi connectivity index (χ3n) is 5.13. The normalized spacial score (nSPS) is 11.8. The first-order valence-corrected chi connectivity index (χ1v) is 12.8. The monoisotopic (exact) mass is 456 g/mol. The second kappa shape index (κ2) is 34.5. The van der Waals surface area contributed by atoms with Crippen molar-refractivity contribution in [3.8, 4) is 0 Å². The second-order valence-electron chi connectivity index (χ2n) is 8.51. The molecule has 0 amide bonds. The molecule has 2 atom stereocenters. The predicted octanol–water partition coefficient (Wildman–Crippen LogP) is 4.91. The van der Waals surface area contributed by atoms with Crippen LogP contribution in [0.4, 0.5) is 0 Å². The summed E-state index contributed by atoms with van der Waals surface area (Å²) < 4.78 is 0. The summed E-state index contributed by atoms with van der Waals surface area (Å²) >= 11 is 0. The van der Waals surface area contributed by atoms with Gasteiger partial charge in [-0.2, -0.15) is 0 Å². The summed E-state index contributed by atoms with van der Waals surface area (Å²) in [6.45, 7) is 9.37. The average molecular weight is 457 g/mol. The van der Waals surface area contributed by atoms with Crippen LogP contribution < -0.4 is 15.3 Å². The van der Waals surface area contributed by atoms with E-state index in [0.29, 0.717) is 0 Å². The quantitative estimate of drug-likeness (QED) is 0.217. The molecule has 0 bridgehead atoms. The van der Waals surface area contributed by atoms with Gasteiger partial charge in [0.15, 0.2) is 0 Å². The molecule has 0 aromatic carbocycles. The summed E-state index contributed by atoms with van der Waals surface area (Å²) in [6, 6.07) is 0. The van der Waals surface area contributed by atoms with Crippen molar-refractivity contribution in [3.63, 3.8) is 0 Å². The van der Waals surface area contributed by atoms with Gasteiger partial charge in [-0.1, -0.05) is 137 Å². The van der Waals surface area contributed by atoms with Crippen LogP contribution in [0.15, 0.2) is 0 Å². The Bertz CT molecular complexity index is 302. The molecular formula is C26H53AlO4. The maximum Gasteiger partial charge on any atom is 3.00 e. The Morgan fingerprint density at radius 3 is 1.00 bits per heavy atom. The van der Waals surface area contributed by atoms with E-state index >= 15 is 0 Å². The van der Waals surface area contributed by atoms with Crippen molar-refractivity contribution in [1.29, 1.82) is 0 Å². The number of rotatable bonds is 18. The molecule has 0 N–H and O–H groups in total. The molecule has 0 aliphatic heterocycles. The van der Waals surface area contributed by atoms with Gasteiger partial charge in [-0.15, -0.1) is 12.2 Å². The molecule has 2 unspecified atom stereocenters. The van der Waals surface area contributed by atoms with Gasteiger partial charge >= 0.3 is 17.4 Å². The fourth-order valence-electron chi connectivity index (χ4n) is 2.64. The Balaban J connectivity index is -0.000000275. The van der Waals surface area contributed by atoms with Crippen LogP contribution in [0.25, 0.3) is 0 Å². The number of carbonyl (C=O) groups is 1. The fraction of sp³-hybridized carbons (Fsp3) is 0.962. The van der Waals surface area contributed by atoms with Gasteiger partial charge in [0.2, 0.25) is 0 Å². The first-order chi connectivity index (χ1) is 14.3. The number of carbonyl (C=O) groups excluding carboxylic acids is 1. The minimum atomic E-state index is -0.903. The van der Waals surface area contributed by atoms with Crippen LogP contribution in [0, 0.1) is 0 Å². The molecule has 0 rings (SSSR count). The molecule has 0 aromatic heterocycles. The van der Waals surface area contributed by atoms with Gasteiger partial charge in [0.25, 0.3) is 0 Å². The van der Waals surface area contributed by atoms with Crippen LogP contribution in [-0.4, -0.2) is 35.5 Å². The molecule has 0 radical (unpaired) electrons. The Hall–Kier alpha value is -0.0775. The van der Waals surface area contributed by atoms with Gasteiger partial charge < -0.3 is 20.1 Å². The molecule has 0 fully saturated rings. The smallest absolute Gasteiger partial charge is 0.852 e. The SMILES string of the molecule is CCC(C)[O-].CCC(C)[O-].CCCCCCCCCCCCCCCCCC(=O)[O-].[Al+3]. The molecular weight excluding hydrogens is 403 g/mol. The minimum Gasteiger partial charge on any atom is -0.852 e. The Morgan fingerprint density at radius 1 is 0.581 bits per heavy atom. The van der Waals surface area contributed by atoms with Crippen LogP contribution in [0.2, 0.25) is 0 Å². The van der Waals surface area contributed by atoms with Gasteiger partial charge in [-0.25, -0.2) is 0 Å². The van der Waals surface area contributed by atoms with Crippen LogP contribution in [0.1, 0.15) is 150 Å². The largest absolute Gasteiger partial charge is 3.00 e. The molecule has 0 spiro atoms. The third-order valence-corrected chi connectivity index (χ3v) is 5.13. The van der Waals surface area contributed by atoms with Gasteiger partial charge in [-0.05, 0) is 12.8 Å². The van der Waals surface area contributed by atoms with Crippen molar-refractivity contribution >= 4 is 23.3 Å². The fourth-order valence-corrected chi connectivity index (χ4v) is 2.64. The molecule has 0 aromatic rings. The summed E-state index contributed by atoms with van der Waals surface area (Å²) in [5.74, 6) is -0.903. The first kappa shape index (κ1) is 38.2. The molecule has 184 valence electrons. The van der Waals surface area contributed by atoms with Crippen molar-refractivity contribution in [2.24, 2.45) is 0 Å². The zero-order valence-electron chi connectivity index (χ0n) is 21.6. The summed E-state index contributed by atoms with van der Waals surface area (Å²) in [5.41, 5.74) is 0. The number of unbranched alkanes of at least 4 members (excludes halogenated alkanes) is 14. The van der Waals surface area contributed by atoms with E-state index in [1.807, 2.05) is 13.8 Å². The minimum absolute atomic E-state index is 0. The van der Waals surface area contributed by atoms with Crippen molar-refractivity contribution in [1.82, 2.24) is 0 Å². The van der Waals surface area contributed by atoms with E-state index in [2.05, 4.69) is 6.92 Å². The van der Waals surface area contributed by atoms with E-state index < -0.39 is 5.97 Å². The summed E-state index contributed by atoms with van der Waals surface area (Å²) in [5, 5.41) is 30.0. The zero-order chi connectivity index (χ0) is 23.5. The number of hydrogen-bond acceptors (Lipinski definition) is 4. The van der Waals surface area contributed by atoms with Crippen molar-refractivity contribution in [3.05, 3.63) is 0 Å². The summed E-state index contributed by atoms with van der Waals surface area (Å²) in [6.07, 6.45) is 20.6. The predicted molar refractivity (Wildman–Crippen MR) is 130 cm³/mol. The number of hydrogen-bond donors (Lipinski definition) is 0. The molecule has 0 aliphatic rings. The van der Waals surface area contributed by atoms with Gasteiger partial charge in [-0.3, -0.25) is 0 Å². The first-order valence-electron chi connectivity index (χ1n) is 12.8. The standard InChI is InChI=1S/C18H36O2.2C4H9O.Al/c1-2-3-4-5-6-7-8-9-10-11-12-13-14-15-16-17-18(19)20;2*1-3-4(2)5;/h2-17H2,1H3,(H,19,20);2*4H,3H2,1-2H3;/q;2*-1;+3/p-1. The molecule has 0 aliphatic carbocycles. The van der Waals surface area contributed by atoms with E-state index in [1.54, 1.807) is 13.8 Å². The molecule has 0 heterocycles. The van der Waals surface area contributed by atoms with Crippen LogP contribution in [0.3, 0.4) is 0 Å². The second-order valence-corrected chi connectivity index (χ2v) is 8.51. The molecule has 31 heavy (non-hydrogen) atoms. The van der Waals surface area contributed by atoms with Crippen LogP contribution in [0.5, 0.6) is 0 Å². The van der Waals surface area contributed by atoms with E-state index in [1.165, 1.54) is 83.5 Å². The van der Waals surface area contributed by atoms with Crippen molar-refractivity contribution < 1.29 is 20.1 Å². The van der Waals surface area contributed by atoms with Crippen LogP contribution >= 0.6 is 0 Å². The number of carboxylic acids is 1. The molecule has 5 heteroatoms. The van der Waals surface area contributed by atoms with Crippen molar-refractivity contribution in [2.75, 3.05) is 0 Å². The maximum absolute atomic E-state index is 10.2. The number of carboxylic acid groups (broad SMARTS) is 1. The van der Waals surface area contributed by atoms with E-state index in [0.717, 1.165) is 25.7 Å². The zero-order valence-corrected chi connectivity index (χ0v) is 22.7. The topological polar surface area (TPSA) is 86.2 Å². The molecule has 0 saturated heterocycles. The number of aliphatic carboxylic acids is 1. The Labute approximate surface area is 205 Å². The van der Waals surface area contributed by atoms with E-state index in [4.69, 9.17) is 0 Å². The summed E-state index contributed by atoms with van der Waals surface area (Å²) in [4.78, 5) is 10.2.